The van der Waals surface area contributed by atoms with Gasteiger partial charge in [0.2, 0.25) is 0 Å². The Hall–Kier alpha value is -17.4. The Morgan fingerprint density at radius 3 is 0.963 bits per heavy atom. The predicted octanol–water partition coefficient (Wildman–Crippen LogP) is 37.6. The molecule has 2 heterocycles. The molecule has 2 aromatic heterocycles. The summed E-state index contributed by atoms with van der Waals surface area (Å²) in [4.78, 5) is 7.16. The Balaban J connectivity index is 0.000000127. The van der Waals surface area contributed by atoms with Gasteiger partial charge in [-0.3, -0.25) is 0 Å². The van der Waals surface area contributed by atoms with Crippen LogP contribution in [0.25, 0.3) is 175 Å². The summed E-state index contributed by atoms with van der Waals surface area (Å²) in [5.41, 5.74) is 30.1. The second-order valence-electron chi connectivity index (χ2n) is 34.3. The third-order valence-electron chi connectivity index (χ3n) is 26.4. The molecule has 0 saturated heterocycles. The van der Waals surface area contributed by atoms with Crippen molar-refractivity contribution in [3.8, 4) is 66.8 Å². The van der Waals surface area contributed by atoms with Gasteiger partial charge in [-0.1, -0.05) is 380 Å². The molecular weight excluding hydrogens is 1710 g/mol. The maximum atomic E-state index is 6.27. The van der Waals surface area contributed by atoms with Gasteiger partial charge >= 0.3 is 0 Å². The SMILES string of the molecule is Brc1ccc2ccc3c(-c4ccc(N(c5ccc(-c6ccccc6)cc5)c5ccccc5-c5ccccc5)cc4)ccc4ccc1c2c43.c1ccc(-c2ccc(N(c3ccc(-c4ccc5ccc6c(N(c7ccccc7)c7ccc8oc9ccccc9c8c7)ccc7ccc4c5c76)cc3)c3ccccc3-c3ccccc3)cc2)cc1.c1ccc(Nc2ccc3oc4ccccc4c3c2)cc1. The summed E-state index contributed by atoms with van der Waals surface area (Å²) in [6.45, 7) is 0. The third-order valence-corrected chi connectivity index (χ3v) is 27.1. The number of halogens is 1. The van der Waals surface area contributed by atoms with E-state index in [-0.39, 0.29) is 0 Å². The van der Waals surface area contributed by atoms with Crippen LogP contribution in [0.15, 0.2) is 523 Å². The quantitative estimate of drug-likeness (QED) is 0.0917. The average molecular weight is 1790 g/mol. The summed E-state index contributed by atoms with van der Waals surface area (Å²) < 4.78 is 13.2. The van der Waals surface area contributed by atoms with E-state index in [0.717, 1.165) is 111 Å². The molecule has 26 rings (SSSR count). The number of benzene rings is 24. The lowest BCUT2D eigenvalue weighted by Gasteiger charge is -2.28. The monoisotopic (exact) mass is 1790 g/mol. The maximum absolute atomic E-state index is 6.27. The van der Waals surface area contributed by atoms with Crippen molar-refractivity contribution in [3.63, 3.8) is 0 Å². The highest BCUT2D eigenvalue weighted by atomic mass is 79.9. The van der Waals surface area contributed by atoms with E-state index in [4.69, 9.17) is 8.83 Å². The van der Waals surface area contributed by atoms with Crippen molar-refractivity contribution < 1.29 is 8.83 Å². The molecule has 636 valence electrons. The Labute approximate surface area is 790 Å². The number of nitrogens with zero attached hydrogens (tertiary/aromatic N) is 3. The first-order valence-electron chi connectivity index (χ1n) is 45.8. The van der Waals surface area contributed by atoms with Crippen LogP contribution >= 0.6 is 15.9 Å². The lowest BCUT2D eigenvalue weighted by molar-refractivity contribution is 0.668. The van der Waals surface area contributed by atoms with Crippen LogP contribution in [0.3, 0.4) is 0 Å². The van der Waals surface area contributed by atoms with E-state index in [1.807, 2.05) is 60.7 Å². The molecule has 0 bridgehead atoms. The van der Waals surface area contributed by atoms with E-state index in [2.05, 4.69) is 485 Å². The predicted molar refractivity (Wildman–Crippen MR) is 575 cm³/mol. The number of hydrogen-bond acceptors (Lipinski definition) is 6. The van der Waals surface area contributed by atoms with Crippen molar-refractivity contribution >= 4 is 187 Å². The molecule has 0 radical (unpaired) electrons. The van der Waals surface area contributed by atoms with Crippen LogP contribution in [-0.4, -0.2) is 0 Å². The molecule has 24 aromatic carbocycles. The minimum absolute atomic E-state index is 0.885. The summed E-state index contributed by atoms with van der Waals surface area (Å²) in [6, 6.07) is 182. The molecule has 0 amide bonds. The molecule has 0 saturated carbocycles. The van der Waals surface area contributed by atoms with Crippen molar-refractivity contribution in [3.05, 3.63) is 514 Å². The Kier molecular flexibility index (Phi) is 21.1. The van der Waals surface area contributed by atoms with Crippen molar-refractivity contribution in [2.45, 2.75) is 0 Å². The van der Waals surface area contributed by atoms with E-state index in [1.165, 1.54) is 131 Å². The van der Waals surface area contributed by atoms with Crippen molar-refractivity contribution in [2.24, 2.45) is 0 Å². The molecular formula is C128H85BrN4O2. The number of hydrogen-bond donors (Lipinski definition) is 1. The van der Waals surface area contributed by atoms with Crippen LogP contribution in [-0.2, 0) is 0 Å². The van der Waals surface area contributed by atoms with Crippen LogP contribution < -0.4 is 20.0 Å². The number of anilines is 11. The first-order chi connectivity index (χ1) is 66.9. The molecule has 6 nitrogen and oxygen atoms in total. The van der Waals surface area contributed by atoms with Gasteiger partial charge < -0.3 is 28.9 Å². The third kappa shape index (κ3) is 15.3. The fourth-order valence-electron chi connectivity index (χ4n) is 20.0. The van der Waals surface area contributed by atoms with Crippen LogP contribution in [0.1, 0.15) is 0 Å². The van der Waals surface area contributed by atoms with E-state index in [0.29, 0.717) is 0 Å². The summed E-state index contributed by atoms with van der Waals surface area (Å²) in [6.07, 6.45) is 0. The second-order valence-corrected chi connectivity index (χ2v) is 35.2. The Bertz CT molecular complexity index is 8800. The Morgan fingerprint density at radius 2 is 0.481 bits per heavy atom. The van der Waals surface area contributed by atoms with Gasteiger partial charge in [-0.25, -0.2) is 0 Å². The highest BCUT2D eigenvalue weighted by molar-refractivity contribution is 9.10. The molecule has 0 aliphatic rings. The minimum Gasteiger partial charge on any atom is -0.456 e. The van der Waals surface area contributed by atoms with Gasteiger partial charge in [-0.2, -0.15) is 0 Å². The summed E-state index contributed by atoms with van der Waals surface area (Å²) in [7, 11) is 0. The zero-order valence-corrected chi connectivity index (χ0v) is 75.1. The number of nitrogens with one attached hydrogen (secondary N) is 1. The highest BCUT2D eigenvalue weighted by Gasteiger charge is 2.25. The van der Waals surface area contributed by atoms with Gasteiger partial charge in [0.15, 0.2) is 0 Å². The van der Waals surface area contributed by atoms with Gasteiger partial charge in [0.05, 0.1) is 17.1 Å². The largest absolute Gasteiger partial charge is 0.456 e. The molecule has 0 aliphatic carbocycles. The number of furan rings is 2. The van der Waals surface area contributed by atoms with Crippen molar-refractivity contribution in [1.82, 2.24) is 0 Å². The van der Waals surface area contributed by atoms with Gasteiger partial charge in [0.25, 0.3) is 0 Å². The molecule has 0 fully saturated rings. The van der Waals surface area contributed by atoms with E-state index < -0.39 is 0 Å². The van der Waals surface area contributed by atoms with E-state index >= 15 is 0 Å². The highest BCUT2D eigenvalue weighted by Crippen LogP contribution is 2.51. The normalized spacial score (nSPS) is 11.4. The smallest absolute Gasteiger partial charge is 0.135 e. The van der Waals surface area contributed by atoms with Gasteiger partial charge in [0, 0.05) is 88.0 Å². The van der Waals surface area contributed by atoms with E-state index in [9.17, 15) is 0 Å². The van der Waals surface area contributed by atoms with Crippen molar-refractivity contribution in [1.29, 1.82) is 0 Å². The van der Waals surface area contributed by atoms with Gasteiger partial charge in [-0.15, -0.1) is 0 Å². The maximum Gasteiger partial charge on any atom is 0.135 e. The van der Waals surface area contributed by atoms with Crippen LogP contribution in [0.2, 0.25) is 0 Å². The second kappa shape index (κ2) is 35.2. The average Bonchev–Trinajstić information content (AvgIpc) is 1.45. The lowest BCUT2D eigenvalue weighted by Crippen LogP contribution is -2.11. The topological polar surface area (TPSA) is 48.0 Å². The fraction of sp³-hybridized carbons (Fsp3) is 0. The molecule has 7 heteroatoms. The first kappa shape index (κ1) is 80.9. The summed E-state index contributed by atoms with van der Waals surface area (Å²) >= 11 is 3.80. The molecule has 1 N–H and O–H groups in total. The molecule has 0 unspecified atom stereocenters. The first-order valence-corrected chi connectivity index (χ1v) is 46.6. The zero-order valence-electron chi connectivity index (χ0n) is 73.5. The molecule has 0 spiro atoms. The van der Waals surface area contributed by atoms with E-state index in [1.54, 1.807) is 0 Å². The van der Waals surface area contributed by atoms with Crippen molar-refractivity contribution in [2.75, 3.05) is 20.0 Å². The summed E-state index contributed by atoms with van der Waals surface area (Å²) in [5, 5.41) is 23.1. The van der Waals surface area contributed by atoms with Crippen LogP contribution in [0.4, 0.5) is 62.6 Å². The van der Waals surface area contributed by atoms with Crippen LogP contribution in [0, 0.1) is 0 Å². The zero-order chi connectivity index (χ0) is 89.7. The molecule has 0 aliphatic heterocycles. The fourth-order valence-corrected chi connectivity index (χ4v) is 20.4. The lowest BCUT2D eigenvalue weighted by atomic mass is 9.89. The number of fused-ring (bicyclic) bond motifs is 6. The molecule has 26 aromatic rings. The van der Waals surface area contributed by atoms with Crippen LogP contribution in [0.5, 0.6) is 0 Å². The summed E-state index contributed by atoms with van der Waals surface area (Å²) in [5.74, 6) is 0. The molecule has 135 heavy (non-hydrogen) atoms. The van der Waals surface area contributed by atoms with Gasteiger partial charge in [0.1, 0.15) is 22.3 Å². The number of rotatable bonds is 17. The van der Waals surface area contributed by atoms with Gasteiger partial charge in [-0.05, 0) is 260 Å². The Morgan fingerprint density at radius 1 is 0.170 bits per heavy atom. The number of para-hydroxylation sites is 6. The minimum atomic E-state index is 0.885. The molecule has 0 atom stereocenters. The standard InChI is InChI=1S/C64H42N2O.C46H30BrN.C18H13NO/c1-4-14-43(15-5-1)44-24-32-50(33-25-44)65(59-22-12-10-20-54(59)45-16-6-2-7-17-45)51-34-26-46(27-35-51)53-37-28-47-30-39-57-60(40-31-48-29-38-56(53)63(47)64(48)57)66(49-18-8-3-9-19-49)52-36-41-62-58(42-52)55-21-11-13-23-61(55)67-62;47-43-30-22-36-20-28-41-39(27-19-35-21-29-42(43)46(36)45(35)41)34-17-25-38(26-18-34)48(37-23-15-32(16-24-37)31-9-3-1-4-10-31)44-14-8-7-13-40(44)33-11-5-2-6-12-33;1-2-6-13(7-3-1)19-14-10-11-18-16(12-14)15-8-4-5-9-17(15)20-18/h1-42H;1-30H;1-12,19H.